The van der Waals surface area contributed by atoms with E-state index in [-0.39, 0.29) is 6.04 Å². The van der Waals surface area contributed by atoms with E-state index < -0.39 is 0 Å². The summed E-state index contributed by atoms with van der Waals surface area (Å²) in [6.07, 6.45) is 1.75. The summed E-state index contributed by atoms with van der Waals surface area (Å²) in [4.78, 5) is 0. The molecule has 1 aromatic carbocycles. The van der Waals surface area contributed by atoms with Gasteiger partial charge in [-0.15, -0.1) is 0 Å². The molecule has 0 bridgehead atoms. The minimum Gasteiger partial charge on any atom is -0.271 e. The van der Waals surface area contributed by atoms with Crippen molar-refractivity contribution in [2.24, 2.45) is 5.84 Å². The van der Waals surface area contributed by atoms with Crippen molar-refractivity contribution in [1.29, 1.82) is 0 Å². The van der Waals surface area contributed by atoms with Crippen molar-refractivity contribution in [3.05, 3.63) is 51.3 Å². The molecule has 0 fully saturated rings. The van der Waals surface area contributed by atoms with Crippen LogP contribution in [0.25, 0.3) is 0 Å². The van der Waals surface area contributed by atoms with Crippen LogP contribution in [0, 0.1) is 13.8 Å². The van der Waals surface area contributed by atoms with Gasteiger partial charge in [0.15, 0.2) is 0 Å². The number of benzene rings is 1. The number of hydrazine groups is 1. The molecule has 1 atom stereocenters. The van der Waals surface area contributed by atoms with Gasteiger partial charge in [-0.25, -0.2) is 0 Å². The van der Waals surface area contributed by atoms with Crippen molar-refractivity contribution in [1.82, 2.24) is 15.2 Å². The first kappa shape index (κ1) is 16.2. The highest BCUT2D eigenvalue weighted by atomic mass is 79.9. The lowest BCUT2D eigenvalue weighted by molar-refractivity contribution is 0.495. The summed E-state index contributed by atoms with van der Waals surface area (Å²) in [5.41, 5.74) is 7.75. The number of nitrogens with two attached hydrogens (primary N) is 1. The Bertz CT molecular complexity index is 606. The van der Waals surface area contributed by atoms with Crippen LogP contribution < -0.4 is 11.3 Å². The standard InChI is InChI=1S/C16H23BrN4/c1-4-21-15(16(17)12(3)20-21)10-14(19-18)9-13-7-5-6-11(2)8-13/h5-8,14,19H,4,9-10,18H2,1-3H3. The van der Waals surface area contributed by atoms with Crippen LogP contribution in [0.1, 0.15) is 29.4 Å². The molecule has 21 heavy (non-hydrogen) atoms. The first-order valence-corrected chi connectivity index (χ1v) is 8.07. The highest BCUT2D eigenvalue weighted by Crippen LogP contribution is 2.23. The smallest absolute Gasteiger partial charge is 0.0738 e. The third kappa shape index (κ3) is 3.93. The van der Waals surface area contributed by atoms with Crippen LogP contribution in [0.2, 0.25) is 0 Å². The average Bonchev–Trinajstić information content (AvgIpc) is 2.74. The van der Waals surface area contributed by atoms with Gasteiger partial charge in [-0.05, 0) is 48.7 Å². The van der Waals surface area contributed by atoms with Crippen LogP contribution in [0.15, 0.2) is 28.7 Å². The molecule has 0 aliphatic heterocycles. The molecule has 0 saturated carbocycles. The molecule has 0 amide bonds. The lowest BCUT2D eigenvalue weighted by Gasteiger charge is -2.17. The first-order valence-electron chi connectivity index (χ1n) is 7.28. The molecule has 3 N–H and O–H groups in total. The summed E-state index contributed by atoms with van der Waals surface area (Å²) in [6.45, 7) is 7.10. The second-order valence-corrected chi connectivity index (χ2v) is 6.22. The minimum atomic E-state index is 0.185. The topological polar surface area (TPSA) is 55.9 Å². The number of aromatic nitrogens is 2. The van der Waals surface area contributed by atoms with Crippen molar-refractivity contribution in [2.45, 2.75) is 46.2 Å². The molecule has 1 heterocycles. The van der Waals surface area contributed by atoms with Gasteiger partial charge in [0.1, 0.15) is 0 Å². The third-order valence-electron chi connectivity index (χ3n) is 3.69. The first-order chi connectivity index (χ1) is 10.0. The van der Waals surface area contributed by atoms with Gasteiger partial charge in [0.2, 0.25) is 0 Å². The van der Waals surface area contributed by atoms with E-state index in [4.69, 9.17) is 5.84 Å². The maximum Gasteiger partial charge on any atom is 0.0738 e. The Morgan fingerprint density at radius 2 is 2.10 bits per heavy atom. The predicted molar refractivity (Wildman–Crippen MR) is 90.0 cm³/mol. The second-order valence-electron chi connectivity index (χ2n) is 5.42. The Labute approximate surface area is 134 Å². The number of halogens is 1. The van der Waals surface area contributed by atoms with E-state index in [2.05, 4.69) is 64.6 Å². The number of nitrogens with one attached hydrogen (secondary N) is 1. The zero-order valence-electron chi connectivity index (χ0n) is 12.9. The molecule has 1 aromatic heterocycles. The summed E-state index contributed by atoms with van der Waals surface area (Å²) in [7, 11) is 0. The number of aryl methyl sites for hydroxylation is 3. The fraction of sp³-hybridized carbons (Fsp3) is 0.438. The summed E-state index contributed by atoms with van der Waals surface area (Å²) < 4.78 is 3.13. The van der Waals surface area contributed by atoms with Gasteiger partial charge in [-0.3, -0.25) is 16.0 Å². The molecule has 0 saturated heterocycles. The van der Waals surface area contributed by atoms with Crippen LogP contribution >= 0.6 is 15.9 Å². The molecular weight excluding hydrogens is 328 g/mol. The molecular formula is C16H23BrN4. The van der Waals surface area contributed by atoms with Gasteiger partial charge >= 0.3 is 0 Å². The quantitative estimate of drug-likeness (QED) is 0.622. The Balaban J connectivity index is 2.16. The largest absolute Gasteiger partial charge is 0.271 e. The monoisotopic (exact) mass is 350 g/mol. The normalized spacial score (nSPS) is 12.6. The summed E-state index contributed by atoms with van der Waals surface area (Å²) in [5, 5.41) is 4.54. The Morgan fingerprint density at radius 1 is 1.33 bits per heavy atom. The number of hydrogen-bond acceptors (Lipinski definition) is 3. The van der Waals surface area contributed by atoms with Crippen molar-refractivity contribution < 1.29 is 0 Å². The van der Waals surface area contributed by atoms with Crippen molar-refractivity contribution in [2.75, 3.05) is 0 Å². The maximum absolute atomic E-state index is 5.76. The lowest BCUT2D eigenvalue weighted by Crippen LogP contribution is -2.39. The van der Waals surface area contributed by atoms with E-state index in [1.165, 1.54) is 16.8 Å². The summed E-state index contributed by atoms with van der Waals surface area (Å²) >= 11 is 3.64. The van der Waals surface area contributed by atoms with Gasteiger partial charge in [-0.1, -0.05) is 29.8 Å². The number of hydrogen-bond donors (Lipinski definition) is 2. The SMILES string of the molecule is CCn1nc(C)c(Br)c1CC(Cc1cccc(C)c1)NN. The van der Waals surface area contributed by atoms with E-state index in [0.717, 1.165) is 29.6 Å². The fourth-order valence-electron chi connectivity index (χ4n) is 2.61. The van der Waals surface area contributed by atoms with E-state index in [1.807, 2.05) is 11.6 Å². The molecule has 0 radical (unpaired) electrons. The van der Waals surface area contributed by atoms with Gasteiger partial charge < -0.3 is 0 Å². The van der Waals surface area contributed by atoms with Crippen LogP contribution in [-0.2, 0) is 19.4 Å². The Kier molecular flexibility index (Phi) is 5.56. The Morgan fingerprint density at radius 3 is 2.71 bits per heavy atom. The van der Waals surface area contributed by atoms with E-state index in [9.17, 15) is 0 Å². The fourth-order valence-corrected chi connectivity index (χ4v) is 3.06. The molecule has 2 rings (SSSR count). The van der Waals surface area contributed by atoms with Crippen LogP contribution in [0.5, 0.6) is 0 Å². The van der Waals surface area contributed by atoms with E-state index in [0.29, 0.717) is 0 Å². The molecule has 114 valence electrons. The maximum atomic E-state index is 5.76. The van der Waals surface area contributed by atoms with E-state index >= 15 is 0 Å². The van der Waals surface area contributed by atoms with Crippen molar-refractivity contribution in [3.8, 4) is 0 Å². The molecule has 5 heteroatoms. The highest BCUT2D eigenvalue weighted by molar-refractivity contribution is 9.10. The molecule has 0 spiro atoms. The van der Waals surface area contributed by atoms with Gasteiger partial charge in [0.05, 0.1) is 15.9 Å². The van der Waals surface area contributed by atoms with Crippen molar-refractivity contribution >= 4 is 15.9 Å². The van der Waals surface area contributed by atoms with E-state index in [1.54, 1.807) is 0 Å². The molecule has 0 aliphatic carbocycles. The predicted octanol–water partition coefficient (Wildman–Crippen LogP) is 2.90. The van der Waals surface area contributed by atoms with Crippen LogP contribution in [-0.4, -0.2) is 15.8 Å². The zero-order valence-corrected chi connectivity index (χ0v) is 14.4. The van der Waals surface area contributed by atoms with Gasteiger partial charge in [0, 0.05) is 19.0 Å². The second kappa shape index (κ2) is 7.20. The highest BCUT2D eigenvalue weighted by Gasteiger charge is 2.17. The average molecular weight is 351 g/mol. The number of nitrogens with zero attached hydrogens (tertiary/aromatic N) is 2. The molecule has 0 aliphatic rings. The summed E-state index contributed by atoms with van der Waals surface area (Å²) in [6, 6.07) is 8.75. The van der Waals surface area contributed by atoms with Gasteiger partial charge in [0.25, 0.3) is 0 Å². The van der Waals surface area contributed by atoms with Gasteiger partial charge in [-0.2, -0.15) is 5.10 Å². The molecule has 4 nitrogen and oxygen atoms in total. The zero-order chi connectivity index (χ0) is 15.4. The summed E-state index contributed by atoms with van der Waals surface area (Å²) in [5.74, 6) is 5.76. The van der Waals surface area contributed by atoms with Crippen LogP contribution in [0.3, 0.4) is 0 Å². The molecule has 2 aromatic rings. The number of rotatable bonds is 6. The van der Waals surface area contributed by atoms with Crippen LogP contribution in [0.4, 0.5) is 0 Å². The van der Waals surface area contributed by atoms with Crippen molar-refractivity contribution in [3.63, 3.8) is 0 Å². The molecule has 1 unspecified atom stereocenters. The Hall–Kier alpha value is -1.17. The minimum absolute atomic E-state index is 0.185. The third-order valence-corrected chi connectivity index (χ3v) is 4.72. The lowest BCUT2D eigenvalue weighted by atomic mass is 10.0.